The number of rotatable bonds is 6. The molecule has 0 heterocycles. The highest BCUT2D eigenvalue weighted by molar-refractivity contribution is 4.71. The highest BCUT2D eigenvalue weighted by Crippen LogP contribution is 2.23. The summed E-state index contributed by atoms with van der Waals surface area (Å²) in [6.07, 6.45) is 4.33. The zero-order valence-corrected chi connectivity index (χ0v) is 9.01. The minimum Gasteiger partial charge on any atom is -0.393 e. The average Bonchev–Trinajstić information content (AvgIpc) is 1.99. The molecule has 0 saturated heterocycles. The molecule has 0 aliphatic heterocycles. The van der Waals surface area contributed by atoms with Gasteiger partial charge >= 0.3 is 0 Å². The van der Waals surface area contributed by atoms with Gasteiger partial charge in [-0.1, -0.05) is 40.5 Å². The van der Waals surface area contributed by atoms with E-state index < -0.39 is 0 Å². The van der Waals surface area contributed by atoms with Crippen LogP contribution in [-0.2, 0) is 0 Å². The van der Waals surface area contributed by atoms with E-state index in [0.29, 0.717) is 11.8 Å². The number of aliphatic hydroxyl groups excluding tert-OH is 1. The predicted octanol–water partition coefficient (Wildman–Crippen LogP) is 3.22. The zero-order valence-electron chi connectivity index (χ0n) is 9.01. The van der Waals surface area contributed by atoms with Crippen molar-refractivity contribution in [2.75, 3.05) is 0 Å². The first kappa shape index (κ1) is 12.0. The van der Waals surface area contributed by atoms with Gasteiger partial charge in [0.2, 0.25) is 0 Å². The predicted molar refractivity (Wildman–Crippen MR) is 54.2 cm³/mol. The molecule has 0 rings (SSSR count). The van der Waals surface area contributed by atoms with Crippen molar-refractivity contribution in [3.05, 3.63) is 0 Å². The summed E-state index contributed by atoms with van der Waals surface area (Å²) in [5, 5.41) is 9.81. The fourth-order valence-electron chi connectivity index (χ4n) is 1.81. The Kier molecular flexibility index (Phi) is 6.45. The maximum absolute atomic E-state index is 9.81. The number of hydrogen-bond acceptors (Lipinski definition) is 1. The largest absolute Gasteiger partial charge is 0.393 e. The van der Waals surface area contributed by atoms with E-state index in [1.807, 2.05) is 0 Å². The summed E-state index contributed by atoms with van der Waals surface area (Å²) in [4.78, 5) is 0. The molecule has 0 spiro atoms. The maximum Gasteiger partial charge on any atom is 0.0570 e. The van der Waals surface area contributed by atoms with Crippen LogP contribution in [0.2, 0.25) is 0 Å². The van der Waals surface area contributed by atoms with Gasteiger partial charge in [-0.2, -0.15) is 0 Å². The van der Waals surface area contributed by atoms with Gasteiger partial charge in [0, 0.05) is 0 Å². The molecule has 0 aliphatic carbocycles. The SMILES string of the molecule is CCCC(C(C)C)[C@H](O)CCC. The second-order valence-electron chi connectivity index (χ2n) is 4.05. The Morgan fingerprint density at radius 3 is 1.83 bits per heavy atom. The highest BCUT2D eigenvalue weighted by atomic mass is 16.3. The molecule has 0 bridgehead atoms. The van der Waals surface area contributed by atoms with Gasteiger partial charge in [-0.05, 0) is 24.7 Å². The van der Waals surface area contributed by atoms with Crippen LogP contribution in [0.15, 0.2) is 0 Å². The molecule has 1 nitrogen and oxygen atoms in total. The fraction of sp³-hybridized carbons (Fsp3) is 1.00. The van der Waals surface area contributed by atoms with Crippen LogP contribution < -0.4 is 0 Å². The van der Waals surface area contributed by atoms with E-state index in [1.54, 1.807) is 0 Å². The van der Waals surface area contributed by atoms with Gasteiger partial charge in [-0.25, -0.2) is 0 Å². The molecule has 0 amide bonds. The minimum absolute atomic E-state index is 0.0741. The Bertz CT molecular complexity index is 99.2. The first-order valence-corrected chi connectivity index (χ1v) is 5.31. The van der Waals surface area contributed by atoms with E-state index in [0.717, 1.165) is 12.8 Å². The Morgan fingerprint density at radius 1 is 1.00 bits per heavy atom. The van der Waals surface area contributed by atoms with Gasteiger partial charge in [0.15, 0.2) is 0 Å². The van der Waals surface area contributed by atoms with Gasteiger partial charge in [0.1, 0.15) is 0 Å². The van der Waals surface area contributed by atoms with E-state index in [1.165, 1.54) is 12.8 Å². The molecule has 2 atom stereocenters. The molecule has 0 radical (unpaired) electrons. The summed E-state index contributed by atoms with van der Waals surface area (Å²) < 4.78 is 0. The summed E-state index contributed by atoms with van der Waals surface area (Å²) >= 11 is 0. The van der Waals surface area contributed by atoms with Gasteiger partial charge in [0.25, 0.3) is 0 Å². The molecule has 0 fully saturated rings. The van der Waals surface area contributed by atoms with Crippen LogP contribution in [-0.4, -0.2) is 11.2 Å². The van der Waals surface area contributed by atoms with Crippen molar-refractivity contribution in [2.45, 2.75) is 59.5 Å². The maximum atomic E-state index is 9.81. The molecule has 1 N–H and O–H groups in total. The third-order valence-corrected chi connectivity index (χ3v) is 2.56. The molecule has 12 heavy (non-hydrogen) atoms. The van der Waals surface area contributed by atoms with Crippen molar-refractivity contribution >= 4 is 0 Å². The lowest BCUT2D eigenvalue weighted by Crippen LogP contribution is -2.24. The number of aliphatic hydroxyl groups is 1. The van der Waals surface area contributed by atoms with Crippen molar-refractivity contribution in [3.8, 4) is 0 Å². The summed E-state index contributed by atoms with van der Waals surface area (Å²) in [7, 11) is 0. The van der Waals surface area contributed by atoms with Crippen LogP contribution in [0.3, 0.4) is 0 Å². The standard InChI is InChI=1S/C11H24O/c1-5-7-10(9(3)4)11(12)8-6-2/h9-12H,5-8H2,1-4H3/t10?,11-/m1/s1. The summed E-state index contributed by atoms with van der Waals surface area (Å²) in [5.74, 6) is 1.13. The monoisotopic (exact) mass is 172 g/mol. The van der Waals surface area contributed by atoms with Crippen molar-refractivity contribution in [3.63, 3.8) is 0 Å². The van der Waals surface area contributed by atoms with E-state index >= 15 is 0 Å². The van der Waals surface area contributed by atoms with E-state index in [4.69, 9.17) is 0 Å². The van der Waals surface area contributed by atoms with Crippen LogP contribution in [0.25, 0.3) is 0 Å². The molecule has 1 heteroatoms. The second kappa shape index (κ2) is 6.47. The summed E-state index contributed by atoms with van der Waals surface area (Å²) in [5.41, 5.74) is 0. The fourth-order valence-corrected chi connectivity index (χ4v) is 1.81. The Balaban J connectivity index is 3.90. The minimum atomic E-state index is -0.0741. The molecule has 0 aromatic carbocycles. The molecule has 74 valence electrons. The van der Waals surface area contributed by atoms with Gasteiger partial charge in [0.05, 0.1) is 6.10 Å². The smallest absolute Gasteiger partial charge is 0.0570 e. The zero-order chi connectivity index (χ0) is 9.56. The highest BCUT2D eigenvalue weighted by Gasteiger charge is 2.20. The Morgan fingerprint density at radius 2 is 1.50 bits per heavy atom. The van der Waals surface area contributed by atoms with Crippen molar-refractivity contribution in [1.82, 2.24) is 0 Å². The molecule has 0 saturated carbocycles. The molecule has 0 aromatic rings. The lowest BCUT2D eigenvalue weighted by molar-refractivity contribution is 0.0674. The molecular weight excluding hydrogens is 148 g/mol. The van der Waals surface area contributed by atoms with E-state index in [9.17, 15) is 5.11 Å². The molecule has 0 aromatic heterocycles. The average molecular weight is 172 g/mol. The quantitative estimate of drug-likeness (QED) is 0.652. The third-order valence-electron chi connectivity index (χ3n) is 2.56. The van der Waals surface area contributed by atoms with Crippen LogP contribution in [0.1, 0.15) is 53.4 Å². The molecule has 0 aliphatic rings. The van der Waals surface area contributed by atoms with Crippen LogP contribution in [0, 0.1) is 11.8 Å². The summed E-state index contributed by atoms with van der Waals surface area (Å²) in [6.45, 7) is 8.74. The lowest BCUT2D eigenvalue weighted by Gasteiger charge is -2.25. The first-order valence-electron chi connectivity index (χ1n) is 5.31. The van der Waals surface area contributed by atoms with Crippen molar-refractivity contribution in [1.29, 1.82) is 0 Å². The topological polar surface area (TPSA) is 20.2 Å². The summed E-state index contributed by atoms with van der Waals surface area (Å²) in [6, 6.07) is 0. The van der Waals surface area contributed by atoms with Crippen LogP contribution >= 0.6 is 0 Å². The second-order valence-corrected chi connectivity index (χ2v) is 4.05. The van der Waals surface area contributed by atoms with Crippen molar-refractivity contribution < 1.29 is 5.11 Å². The first-order chi connectivity index (χ1) is 5.63. The molecular formula is C11H24O. The van der Waals surface area contributed by atoms with Crippen LogP contribution in [0.4, 0.5) is 0 Å². The Labute approximate surface area is 77.2 Å². The van der Waals surface area contributed by atoms with Crippen molar-refractivity contribution in [2.24, 2.45) is 11.8 Å². The van der Waals surface area contributed by atoms with Gasteiger partial charge in [-0.15, -0.1) is 0 Å². The molecule has 1 unspecified atom stereocenters. The Hall–Kier alpha value is -0.0400. The lowest BCUT2D eigenvalue weighted by atomic mass is 9.85. The van der Waals surface area contributed by atoms with Gasteiger partial charge < -0.3 is 5.11 Å². The van der Waals surface area contributed by atoms with E-state index in [2.05, 4.69) is 27.7 Å². The van der Waals surface area contributed by atoms with Gasteiger partial charge in [-0.3, -0.25) is 0 Å². The van der Waals surface area contributed by atoms with Crippen LogP contribution in [0.5, 0.6) is 0 Å². The number of hydrogen-bond donors (Lipinski definition) is 1. The van der Waals surface area contributed by atoms with E-state index in [-0.39, 0.29) is 6.10 Å². The third kappa shape index (κ3) is 4.10. The normalized spacial score (nSPS) is 16.5.